The number of carbonyl (C=O) groups excluding carboxylic acids is 1. The molecule has 1 aromatic carbocycles. The molecule has 24 heavy (non-hydrogen) atoms. The Morgan fingerprint density at radius 3 is 2.71 bits per heavy atom. The normalized spacial score (nSPS) is 10.5. The number of hydrogen-bond acceptors (Lipinski definition) is 5. The molecule has 4 N–H and O–H groups in total. The maximum Gasteiger partial charge on any atom is 0.363 e. The zero-order chi connectivity index (χ0) is 17.9. The first-order chi connectivity index (χ1) is 11.3. The standard InChI is InChI=1S/C15H17FN4O4/c1-3-17-12-11(14(22)20(24)15(23)19-12)13(21)18-7-9-5-4-8(2)10(16)6-9/h4-6,17,24H,3,7H2,1-2H3,(H,18,21)(H,19,23). The van der Waals surface area contributed by atoms with Gasteiger partial charge in [-0.25, -0.2) is 9.18 Å². The highest BCUT2D eigenvalue weighted by molar-refractivity contribution is 5.98. The maximum absolute atomic E-state index is 13.5. The summed E-state index contributed by atoms with van der Waals surface area (Å²) in [6, 6.07) is 4.49. The molecule has 0 bridgehead atoms. The fraction of sp³-hybridized carbons (Fsp3) is 0.267. The van der Waals surface area contributed by atoms with Gasteiger partial charge in [-0.1, -0.05) is 16.9 Å². The molecule has 9 heteroatoms. The average Bonchev–Trinajstić information content (AvgIpc) is 2.54. The van der Waals surface area contributed by atoms with Crippen LogP contribution in [0.5, 0.6) is 0 Å². The molecule has 0 aliphatic carbocycles. The summed E-state index contributed by atoms with van der Waals surface area (Å²) in [7, 11) is 0. The molecule has 1 aromatic heterocycles. The van der Waals surface area contributed by atoms with Gasteiger partial charge in [-0.2, -0.15) is 0 Å². The third-order valence-electron chi connectivity index (χ3n) is 3.35. The van der Waals surface area contributed by atoms with E-state index in [1.807, 2.05) is 0 Å². The Morgan fingerprint density at radius 1 is 1.38 bits per heavy atom. The molecule has 1 amide bonds. The number of nitrogens with one attached hydrogen (secondary N) is 3. The minimum Gasteiger partial charge on any atom is -0.421 e. The molecule has 0 spiro atoms. The number of H-pyrrole nitrogens is 1. The smallest absolute Gasteiger partial charge is 0.363 e. The molecule has 2 aromatic rings. The lowest BCUT2D eigenvalue weighted by molar-refractivity contribution is 0.0940. The van der Waals surface area contributed by atoms with E-state index in [0.29, 0.717) is 17.7 Å². The Bertz CT molecular complexity index is 888. The summed E-state index contributed by atoms with van der Waals surface area (Å²) in [6.45, 7) is 3.64. The van der Waals surface area contributed by atoms with Crippen LogP contribution in [0.15, 0.2) is 27.8 Å². The minimum absolute atomic E-state index is 0.0222. The largest absolute Gasteiger partial charge is 0.421 e. The summed E-state index contributed by atoms with van der Waals surface area (Å²) < 4.78 is 13.3. The summed E-state index contributed by atoms with van der Waals surface area (Å²) in [4.78, 5) is 37.8. The van der Waals surface area contributed by atoms with E-state index in [0.717, 1.165) is 0 Å². The van der Waals surface area contributed by atoms with Crippen molar-refractivity contribution >= 4 is 11.7 Å². The Labute approximate surface area is 135 Å². The van der Waals surface area contributed by atoms with Gasteiger partial charge >= 0.3 is 11.2 Å². The van der Waals surface area contributed by atoms with Crippen molar-refractivity contribution in [1.29, 1.82) is 0 Å². The molecule has 1 heterocycles. The fourth-order valence-corrected chi connectivity index (χ4v) is 2.06. The first-order valence-corrected chi connectivity index (χ1v) is 7.20. The van der Waals surface area contributed by atoms with Crippen LogP contribution in [0.2, 0.25) is 0 Å². The van der Waals surface area contributed by atoms with E-state index in [-0.39, 0.29) is 17.1 Å². The van der Waals surface area contributed by atoms with E-state index in [4.69, 9.17) is 0 Å². The zero-order valence-electron chi connectivity index (χ0n) is 13.1. The van der Waals surface area contributed by atoms with Gasteiger partial charge in [0.15, 0.2) is 0 Å². The van der Waals surface area contributed by atoms with Gasteiger partial charge in [0.25, 0.3) is 5.91 Å². The summed E-state index contributed by atoms with van der Waals surface area (Å²) in [6.07, 6.45) is 0. The lowest BCUT2D eigenvalue weighted by Gasteiger charge is -2.11. The van der Waals surface area contributed by atoms with E-state index >= 15 is 0 Å². The molecule has 0 radical (unpaired) electrons. The van der Waals surface area contributed by atoms with Gasteiger partial charge in [0.1, 0.15) is 17.2 Å². The number of aryl methyl sites for hydroxylation is 1. The quantitative estimate of drug-likeness (QED) is 0.596. The second-order valence-corrected chi connectivity index (χ2v) is 5.09. The lowest BCUT2D eigenvalue weighted by atomic mass is 10.1. The molecule has 0 saturated heterocycles. The Kier molecular flexibility index (Phi) is 5.02. The summed E-state index contributed by atoms with van der Waals surface area (Å²) in [5.74, 6) is -1.31. The van der Waals surface area contributed by atoms with Gasteiger partial charge in [-0.05, 0) is 31.0 Å². The second kappa shape index (κ2) is 6.99. The van der Waals surface area contributed by atoms with Crippen molar-refractivity contribution in [2.45, 2.75) is 20.4 Å². The van der Waals surface area contributed by atoms with Crippen molar-refractivity contribution in [3.05, 3.63) is 61.5 Å². The number of halogens is 1. The molecule has 0 fully saturated rings. The Morgan fingerprint density at radius 2 is 2.08 bits per heavy atom. The van der Waals surface area contributed by atoms with Gasteiger partial charge < -0.3 is 15.8 Å². The Hall–Kier alpha value is -3.10. The van der Waals surface area contributed by atoms with Gasteiger partial charge in [0, 0.05) is 13.1 Å². The van der Waals surface area contributed by atoms with E-state index in [1.165, 1.54) is 6.07 Å². The summed E-state index contributed by atoms with van der Waals surface area (Å²) in [5, 5.41) is 14.5. The van der Waals surface area contributed by atoms with Crippen molar-refractivity contribution in [3.63, 3.8) is 0 Å². The predicted octanol–water partition coefficient (Wildman–Crippen LogP) is 0.583. The van der Waals surface area contributed by atoms with Crippen molar-refractivity contribution in [2.24, 2.45) is 0 Å². The number of carbonyl (C=O) groups is 1. The van der Waals surface area contributed by atoms with Crippen LogP contribution in [0.1, 0.15) is 28.4 Å². The summed E-state index contributed by atoms with van der Waals surface area (Å²) in [5.41, 5.74) is -1.67. The van der Waals surface area contributed by atoms with Gasteiger partial charge in [-0.3, -0.25) is 14.6 Å². The first kappa shape index (κ1) is 17.3. The van der Waals surface area contributed by atoms with E-state index in [2.05, 4.69) is 15.6 Å². The molecular formula is C15H17FN4O4. The SMILES string of the molecule is CCNc1[nH]c(=O)n(O)c(=O)c1C(=O)NCc1ccc(C)c(F)c1. The van der Waals surface area contributed by atoms with Crippen LogP contribution in [0, 0.1) is 12.7 Å². The van der Waals surface area contributed by atoms with Crippen LogP contribution in [-0.4, -0.2) is 27.4 Å². The molecular weight excluding hydrogens is 319 g/mol. The molecule has 8 nitrogen and oxygen atoms in total. The van der Waals surface area contributed by atoms with E-state index in [9.17, 15) is 24.0 Å². The van der Waals surface area contributed by atoms with Crippen molar-refractivity contribution in [3.8, 4) is 0 Å². The molecule has 0 unspecified atom stereocenters. The molecule has 0 aliphatic rings. The number of nitrogens with zero attached hydrogens (tertiary/aromatic N) is 1. The highest BCUT2D eigenvalue weighted by atomic mass is 19.1. The van der Waals surface area contributed by atoms with Crippen molar-refractivity contribution in [1.82, 2.24) is 15.0 Å². The topological polar surface area (TPSA) is 116 Å². The lowest BCUT2D eigenvalue weighted by Crippen LogP contribution is -2.41. The number of aromatic nitrogens is 2. The van der Waals surface area contributed by atoms with E-state index in [1.54, 1.807) is 26.0 Å². The number of amides is 1. The molecule has 0 atom stereocenters. The highest BCUT2D eigenvalue weighted by Crippen LogP contribution is 2.10. The number of benzene rings is 1. The van der Waals surface area contributed by atoms with Gasteiger partial charge in [0.05, 0.1) is 0 Å². The molecule has 128 valence electrons. The van der Waals surface area contributed by atoms with Crippen LogP contribution >= 0.6 is 0 Å². The van der Waals surface area contributed by atoms with Crippen LogP contribution in [0.4, 0.5) is 10.2 Å². The van der Waals surface area contributed by atoms with Crippen LogP contribution in [0.3, 0.4) is 0 Å². The summed E-state index contributed by atoms with van der Waals surface area (Å²) >= 11 is 0. The third kappa shape index (κ3) is 3.45. The number of anilines is 1. The predicted molar refractivity (Wildman–Crippen MR) is 85.0 cm³/mol. The van der Waals surface area contributed by atoms with Crippen LogP contribution in [-0.2, 0) is 6.54 Å². The second-order valence-electron chi connectivity index (χ2n) is 5.09. The van der Waals surface area contributed by atoms with Crippen molar-refractivity contribution < 1.29 is 14.4 Å². The maximum atomic E-state index is 13.5. The minimum atomic E-state index is -1.15. The molecule has 0 saturated carbocycles. The first-order valence-electron chi connectivity index (χ1n) is 7.20. The molecule has 2 rings (SSSR count). The molecule has 0 aliphatic heterocycles. The van der Waals surface area contributed by atoms with Gasteiger partial charge in [0.2, 0.25) is 0 Å². The van der Waals surface area contributed by atoms with Crippen LogP contribution < -0.4 is 21.9 Å². The average molecular weight is 336 g/mol. The monoisotopic (exact) mass is 336 g/mol. The van der Waals surface area contributed by atoms with Gasteiger partial charge in [-0.15, -0.1) is 0 Å². The third-order valence-corrected chi connectivity index (χ3v) is 3.35. The van der Waals surface area contributed by atoms with Crippen molar-refractivity contribution in [2.75, 3.05) is 11.9 Å². The zero-order valence-corrected chi connectivity index (χ0v) is 13.1. The highest BCUT2D eigenvalue weighted by Gasteiger charge is 2.20. The number of rotatable bonds is 5. The number of aromatic amines is 1. The Balaban J connectivity index is 2.29. The van der Waals surface area contributed by atoms with E-state index < -0.39 is 28.5 Å². The number of hydrogen-bond donors (Lipinski definition) is 4. The fourth-order valence-electron chi connectivity index (χ4n) is 2.06. The van der Waals surface area contributed by atoms with Crippen LogP contribution in [0.25, 0.3) is 0 Å².